The molecule has 0 aliphatic heterocycles. The van der Waals surface area contributed by atoms with Gasteiger partial charge in [0.1, 0.15) is 17.7 Å². The highest BCUT2D eigenvalue weighted by Gasteiger charge is 2.09. The van der Waals surface area contributed by atoms with Crippen molar-refractivity contribution in [2.24, 2.45) is 4.99 Å². The van der Waals surface area contributed by atoms with E-state index in [0.29, 0.717) is 18.3 Å². The molecular formula is C13H21FIN3O. The number of rotatable bonds is 5. The Morgan fingerprint density at radius 3 is 2.74 bits per heavy atom. The summed E-state index contributed by atoms with van der Waals surface area (Å²) in [5.41, 5.74) is 0. The first-order valence-corrected chi connectivity index (χ1v) is 6.00. The zero-order valence-corrected chi connectivity index (χ0v) is 13.8. The van der Waals surface area contributed by atoms with Crippen LogP contribution < -0.4 is 15.4 Å². The fraction of sp³-hybridized carbons (Fsp3) is 0.462. The molecule has 0 aromatic heterocycles. The molecule has 19 heavy (non-hydrogen) atoms. The van der Waals surface area contributed by atoms with Crippen LogP contribution in [0.1, 0.15) is 13.3 Å². The van der Waals surface area contributed by atoms with Crippen LogP contribution in [0, 0.1) is 5.82 Å². The Morgan fingerprint density at radius 1 is 1.47 bits per heavy atom. The van der Waals surface area contributed by atoms with Gasteiger partial charge in [0, 0.05) is 20.2 Å². The van der Waals surface area contributed by atoms with Gasteiger partial charge in [-0.2, -0.15) is 0 Å². The predicted molar refractivity (Wildman–Crippen MR) is 86.9 cm³/mol. The third-order valence-electron chi connectivity index (χ3n) is 2.51. The van der Waals surface area contributed by atoms with Crippen molar-refractivity contribution >= 4 is 29.9 Å². The average Bonchev–Trinajstić information content (AvgIpc) is 2.38. The number of ether oxygens (including phenoxy) is 1. The van der Waals surface area contributed by atoms with E-state index in [1.54, 1.807) is 26.2 Å². The van der Waals surface area contributed by atoms with Crippen molar-refractivity contribution < 1.29 is 9.13 Å². The van der Waals surface area contributed by atoms with Crippen molar-refractivity contribution in [2.75, 3.05) is 20.6 Å². The lowest BCUT2D eigenvalue weighted by atomic mass is 10.2. The van der Waals surface area contributed by atoms with E-state index in [1.165, 1.54) is 12.1 Å². The zero-order valence-electron chi connectivity index (χ0n) is 11.4. The van der Waals surface area contributed by atoms with E-state index >= 15 is 0 Å². The van der Waals surface area contributed by atoms with Gasteiger partial charge in [-0.3, -0.25) is 4.99 Å². The number of nitrogens with one attached hydrogen (secondary N) is 2. The van der Waals surface area contributed by atoms with Crippen molar-refractivity contribution in [3.8, 4) is 5.75 Å². The number of nitrogens with zero attached hydrogens (tertiary/aromatic N) is 1. The van der Waals surface area contributed by atoms with E-state index in [9.17, 15) is 4.39 Å². The lowest BCUT2D eigenvalue weighted by molar-refractivity contribution is 0.199. The summed E-state index contributed by atoms with van der Waals surface area (Å²) in [5.74, 6) is 0.959. The highest BCUT2D eigenvalue weighted by atomic mass is 127. The van der Waals surface area contributed by atoms with E-state index in [1.807, 2.05) is 6.92 Å². The summed E-state index contributed by atoms with van der Waals surface area (Å²) < 4.78 is 18.7. The van der Waals surface area contributed by atoms with Gasteiger partial charge in [0.05, 0.1) is 6.54 Å². The second-order valence-corrected chi connectivity index (χ2v) is 3.81. The molecule has 1 aromatic rings. The maximum absolute atomic E-state index is 13.0. The number of hydrogen-bond acceptors (Lipinski definition) is 2. The lowest BCUT2D eigenvalue weighted by Gasteiger charge is -2.19. The number of halogens is 2. The van der Waals surface area contributed by atoms with Crippen molar-refractivity contribution in [2.45, 2.75) is 19.4 Å². The molecular weight excluding hydrogens is 360 g/mol. The monoisotopic (exact) mass is 381 g/mol. The summed E-state index contributed by atoms with van der Waals surface area (Å²) in [5, 5.41) is 6.05. The Labute approximate surface area is 130 Å². The van der Waals surface area contributed by atoms with Gasteiger partial charge in [-0.05, 0) is 18.6 Å². The molecule has 1 rings (SSSR count). The molecule has 108 valence electrons. The summed E-state index contributed by atoms with van der Waals surface area (Å²) in [6.07, 6.45) is 0.793. The van der Waals surface area contributed by atoms with E-state index in [4.69, 9.17) is 4.74 Å². The smallest absolute Gasteiger partial charge is 0.190 e. The first-order chi connectivity index (χ1) is 8.69. The molecule has 1 atom stereocenters. The lowest BCUT2D eigenvalue weighted by Crippen LogP contribution is -2.40. The van der Waals surface area contributed by atoms with Crippen molar-refractivity contribution in [3.05, 3.63) is 30.1 Å². The van der Waals surface area contributed by atoms with E-state index < -0.39 is 0 Å². The second-order valence-electron chi connectivity index (χ2n) is 3.81. The van der Waals surface area contributed by atoms with Gasteiger partial charge in [-0.25, -0.2) is 4.39 Å². The molecule has 0 fully saturated rings. The SMILES string of the molecule is CCC(CNC(=NC)NC)Oc1cccc(F)c1.I. The Hall–Kier alpha value is -1.05. The number of guanidine groups is 1. The minimum absolute atomic E-state index is 0. The molecule has 0 amide bonds. The van der Waals surface area contributed by atoms with Crippen LogP contribution in [0.2, 0.25) is 0 Å². The van der Waals surface area contributed by atoms with E-state index in [2.05, 4.69) is 15.6 Å². The molecule has 0 aliphatic carbocycles. The van der Waals surface area contributed by atoms with Crippen LogP contribution in [-0.2, 0) is 0 Å². The standard InChI is InChI=1S/C13H20FN3O.HI/c1-4-11(9-17-13(15-2)16-3)18-12-7-5-6-10(14)8-12;/h5-8,11H,4,9H2,1-3H3,(H2,15,16,17);1H. The highest BCUT2D eigenvalue weighted by molar-refractivity contribution is 14.0. The summed E-state index contributed by atoms with van der Waals surface area (Å²) in [6.45, 7) is 2.63. The fourth-order valence-electron chi connectivity index (χ4n) is 1.49. The van der Waals surface area contributed by atoms with Crippen LogP contribution in [0.3, 0.4) is 0 Å². The van der Waals surface area contributed by atoms with E-state index in [0.717, 1.165) is 6.42 Å². The van der Waals surface area contributed by atoms with Gasteiger partial charge in [-0.15, -0.1) is 24.0 Å². The third kappa shape index (κ3) is 6.60. The third-order valence-corrected chi connectivity index (χ3v) is 2.51. The number of aliphatic imine (C=N–C) groups is 1. The first-order valence-electron chi connectivity index (χ1n) is 6.00. The maximum atomic E-state index is 13.0. The quantitative estimate of drug-likeness (QED) is 0.468. The second kappa shape index (κ2) is 9.82. The van der Waals surface area contributed by atoms with Gasteiger partial charge in [0.2, 0.25) is 0 Å². The molecule has 0 spiro atoms. The summed E-state index contributed by atoms with van der Waals surface area (Å²) >= 11 is 0. The summed E-state index contributed by atoms with van der Waals surface area (Å²) in [4.78, 5) is 4.01. The average molecular weight is 381 g/mol. The minimum atomic E-state index is -0.290. The predicted octanol–water partition coefficient (Wildman–Crippen LogP) is 2.40. The Morgan fingerprint density at radius 2 is 2.21 bits per heavy atom. The van der Waals surface area contributed by atoms with Gasteiger partial charge in [0.15, 0.2) is 5.96 Å². The molecule has 0 bridgehead atoms. The topological polar surface area (TPSA) is 45.7 Å². The fourth-order valence-corrected chi connectivity index (χ4v) is 1.49. The van der Waals surface area contributed by atoms with Crippen molar-refractivity contribution in [1.82, 2.24) is 10.6 Å². The number of benzene rings is 1. The van der Waals surface area contributed by atoms with Crippen LogP contribution in [0.25, 0.3) is 0 Å². The van der Waals surface area contributed by atoms with Crippen LogP contribution in [0.5, 0.6) is 5.75 Å². The minimum Gasteiger partial charge on any atom is -0.489 e. The molecule has 0 saturated carbocycles. The Bertz CT molecular complexity index is 401. The highest BCUT2D eigenvalue weighted by Crippen LogP contribution is 2.14. The Balaban J connectivity index is 0.00000324. The van der Waals surface area contributed by atoms with Crippen LogP contribution in [-0.4, -0.2) is 32.7 Å². The maximum Gasteiger partial charge on any atom is 0.190 e. The molecule has 0 aliphatic rings. The van der Waals surface area contributed by atoms with Crippen molar-refractivity contribution in [1.29, 1.82) is 0 Å². The molecule has 0 saturated heterocycles. The van der Waals surface area contributed by atoms with E-state index in [-0.39, 0.29) is 35.9 Å². The van der Waals surface area contributed by atoms with Gasteiger partial charge in [0.25, 0.3) is 0 Å². The molecule has 0 heterocycles. The first kappa shape index (κ1) is 17.9. The molecule has 2 N–H and O–H groups in total. The van der Waals surface area contributed by atoms with Crippen LogP contribution in [0.15, 0.2) is 29.3 Å². The Kier molecular flexibility index (Phi) is 9.28. The van der Waals surface area contributed by atoms with Crippen molar-refractivity contribution in [3.63, 3.8) is 0 Å². The molecule has 0 radical (unpaired) electrons. The zero-order chi connectivity index (χ0) is 13.4. The summed E-state index contributed by atoms with van der Waals surface area (Å²) in [6, 6.07) is 6.17. The van der Waals surface area contributed by atoms with Gasteiger partial charge >= 0.3 is 0 Å². The number of hydrogen-bond donors (Lipinski definition) is 2. The molecule has 6 heteroatoms. The summed E-state index contributed by atoms with van der Waals surface area (Å²) in [7, 11) is 3.50. The molecule has 1 aromatic carbocycles. The van der Waals surface area contributed by atoms with Gasteiger partial charge < -0.3 is 15.4 Å². The van der Waals surface area contributed by atoms with Crippen LogP contribution in [0.4, 0.5) is 4.39 Å². The molecule has 4 nitrogen and oxygen atoms in total. The van der Waals surface area contributed by atoms with Gasteiger partial charge in [-0.1, -0.05) is 13.0 Å². The molecule has 1 unspecified atom stereocenters. The normalized spacial score (nSPS) is 12.3. The largest absolute Gasteiger partial charge is 0.489 e. The van der Waals surface area contributed by atoms with Crippen LogP contribution >= 0.6 is 24.0 Å².